The predicted molar refractivity (Wildman–Crippen MR) is 346 cm³/mol. The van der Waals surface area contributed by atoms with Crippen molar-refractivity contribution in [1.82, 2.24) is 5.32 Å². The smallest absolute Gasteiger partial charge is 0.387 e. The molecular weight excluding hydrogens is 996 g/mol. The number of phosphoric acid groups is 1. The van der Waals surface area contributed by atoms with Crippen molar-refractivity contribution in [3.8, 4) is 0 Å². The zero-order valence-corrected chi connectivity index (χ0v) is 54.3. The predicted octanol–water partition coefficient (Wildman–Crippen LogP) is 21.8. The number of likely N-dealkylation sites (N-methyl/N-ethyl adjacent to an activating group) is 1. The molecule has 466 valence electrons. The van der Waals surface area contributed by atoms with Gasteiger partial charge in [0.2, 0.25) is 5.91 Å². The Bertz CT molecular complexity index is 1430. The SMILES string of the molecule is CCCCCCC/C=C\C/C=C\C/C=C\CCCCCCCCCCCCCCCCCCCCCCCCCCC(=O)NC(COP(=O)(O)OCC[N+](C)(C)C)C(O)/C=C/CCCCCCCCCCCCCCCCCC. The molecule has 0 rings (SSSR count). The molecule has 0 saturated heterocycles. The largest absolute Gasteiger partial charge is 0.472 e. The first-order valence-corrected chi connectivity index (χ1v) is 36.0. The number of nitrogens with one attached hydrogen (secondary N) is 1. The summed E-state index contributed by atoms with van der Waals surface area (Å²) in [6, 6.07) is -0.846. The molecule has 79 heavy (non-hydrogen) atoms. The topological polar surface area (TPSA) is 105 Å². The van der Waals surface area contributed by atoms with Crippen LogP contribution in [-0.4, -0.2) is 73.4 Å². The van der Waals surface area contributed by atoms with Gasteiger partial charge in [-0.1, -0.05) is 326 Å². The Hall–Kier alpha value is -1.54. The van der Waals surface area contributed by atoms with Gasteiger partial charge in [-0.15, -0.1) is 0 Å². The normalized spacial score (nSPS) is 14.0. The van der Waals surface area contributed by atoms with Crippen molar-refractivity contribution in [3.05, 3.63) is 48.6 Å². The van der Waals surface area contributed by atoms with E-state index in [1.807, 2.05) is 27.2 Å². The molecule has 9 heteroatoms. The number of carbonyl (C=O) groups excluding carboxylic acids is 1. The molecule has 0 fully saturated rings. The van der Waals surface area contributed by atoms with E-state index in [0.717, 1.165) is 51.4 Å². The Morgan fingerprint density at radius 2 is 0.722 bits per heavy atom. The van der Waals surface area contributed by atoms with E-state index in [2.05, 4.69) is 55.6 Å². The maximum Gasteiger partial charge on any atom is 0.472 e. The molecule has 0 bridgehead atoms. The van der Waals surface area contributed by atoms with Crippen LogP contribution in [0.5, 0.6) is 0 Å². The number of nitrogens with zero attached hydrogens (tertiary/aromatic N) is 1. The highest BCUT2D eigenvalue weighted by molar-refractivity contribution is 7.47. The van der Waals surface area contributed by atoms with E-state index in [-0.39, 0.29) is 19.1 Å². The highest BCUT2D eigenvalue weighted by Gasteiger charge is 2.28. The van der Waals surface area contributed by atoms with Gasteiger partial charge in [0.05, 0.1) is 39.9 Å². The Kier molecular flexibility index (Phi) is 59.8. The van der Waals surface area contributed by atoms with Crippen LogP contribution in [0.3, 0.4) is 0 Å². The summed E-state index contributed by atoms with van der Waals surface area (Å²) in [5, 5.41) is 14.0. The van der Waals surface area contributed by atoms with Crippen LogP contribution in [0, 0.1) is 0 Å². The van der Waals surface area contributed by atoms with E-state index < -0.39 is 20.0 Å². The molecule has 3 atom stereocenters. The molecule has 0 aliphatic carbocycles. The molecule has 3 N–H and O–H groups in total. The number of hydrogen-bond acceptors (Lipinski definition) is 5. The van der Waals surface area contributed by atoms with Crippen LogP contribution >= 0.6 is 7.82 Å². The Balaban J connectivity index is 3.93. The van der Waals surface area contributed by atoms with E-state index in [0.29, 0.717) is 17.4 Å². The number of rotatable bonds is 64. The van der Waals surface area contributed by atoms with Crippen molar-refractivity contribution in [2.75, 3.05) is 40.9 Å². The second-order valence-electron chi connectivity index (χ2n) is 24.9. The molecule has 8 nitrogen and oxygen atoms in total. The van der Waals surface area contributed by atoms with Crippen molar-refractivity contribution in [2.24, 2.45) is 0 Å². The van der Waals surface area contributed by atoms with Crippen LogP contribution < -0.4 is 5.32 Å². The van der Waals surface area contributed by atoms with Gasteiger partial charge in [0.15, 0.2) is 0 Å². The van der Waals surface area contributed by atoms with Gasteiger partial charge in [0.25, 0.3) is 0 Å². The molecule has 3 unspecified atom stereocenters. The summed E-state index contributed by atoms with van der Waals surface area (Å²) in [6.45, 7) is 4.85. The van der Waals surface area contributed by atoms with Crippen molar-refractivity contribution in [3.63, 3.8) is 0 Å². The van der Waals surface area contributed by atoms with Crippen molar-refractivity contribution in [1.29, 1.82) is 0 Å². The van der Waals surface area contributed by atoms with Crippen LogP contribution in [0.2, 0.25) is 0 Å². The average molecular weight is 1130 g/mol. The fourth-order valence-electron chi connectivity index (χ4n) is 10.4. The molecule has 0 saturated carbocycles. The van der Waals surface area contributed by atoms with Gasteiger partial charge in [-0.25, -0.2) is 4.57 Å². The fourth-order valence-corrected chi connectivity index (χ4v) is 11.1. The lowest BCUT2D eigenvalue weighted by Gasteiger charge is -2.25. The fraction of sp³-hybridized carbons (Fsp3) is 0.871. The Labute approximate surface area is 492 Å². The zero-order chi connectivity index (χ0) is 57.7. The molecule has 0 radical (unpaired) electrons. The van der Waals surface area contributed by atoms with Crippen LogP contribution in [0.1, 0.15) is 341 Å². The van der Waals surface area contributed by atoms with Crippen LogP contribution in [-0.2, 0) is 18.4 Å². The van der Waals surface area contributed by atoms with E-state index in [1.54, 1.807) is 6.08 Å². The standard InChI is InChI=1S/C70H135N2O6P/c1-6-8-10-12-14-16-18-20-22-24-26-27-28-29-30-31-32-33-34-35-36-37-38-39-40-41-42-43-44-45-46-48-50-52-54-56-58-60-62-64-70(74)71-68(67-78-79(75,76)77-66-65-72(3,4)5)69(73)63-61-59-57-55-53-51-49-47-25-23-21-19-17-15-13-11-9-7-2/h18,20,24,26,28-29,61,63,68-69,73H,6-17,19,21-23,25,27,30-60,62,64-67H2,1-5H3,(H-,71,74,75,76)/p+1/b20-18-,26-24-,29-28-,63-61+. The minimum Gasteiger partial charge on any atom is -0.387 e. The average Bonchev–Trinajstić information content (AvgIpc) is 3.42. The summed E-state index contributed by atoms with van der Waals surface area (Å²) >= 11 is 0. The Morgan fingerprint density at radius 3 is 1.05 bits per heavy atom. The van der Waals surface area contributed by atoms with Gasteiger partial charge >= 0.3 is 7.82 Å². The molecule has 1 amide bonds. The number of aliphatic hydroxyl groups excluding tert-OH is 1. The maximum atomic E-state index is 13.0. The molecule has 0 aromatic rings. The summed E-state index contributed by atoms with van der Waals surface area (Å²) in [5.41, 5.74) is 0. The number of hydrogen-bond donors (Lipinski definition) is 3. The van der Waals surface area contributed by atoms with Gasteiger partial charge < -0.3 is 19.8 Å². The number of unbranched alkanes of at least 4 members (excludes halogenated alkanes) is 45. The zero-order valence-electron chi connectivity index (χ0n) is 53.4. The van der Waals surface area contributed by atoms with Crippen LogP contribution in [0.15, 0.2) is 48.6 Å². The summed E-state index contributed by atoms with van der Waals surface area (Å²) < 4.78 is 23.8. The summed E-state index contributed by atoms with van der Waals surface area (Å²) in [7, 11) is 1.59. The third-order valence-electron chi connectivity index (χ3n) is 15.8. The van der Waals surface area contributed by atoms with Crippen molar-refractivity contribution >= 4 is 13.7 Å². The first kappa shape index (κ1) is 77.5. The number of carbonyl (C=O) groups is 1. The minimum absolute atomic E-state index is 0.0633. The third kappa shape index (κ3) is 63.9. The minimum atomic E-state index is -4.35. The lowest BCUT2D eigenvalue weighted by molar-refractivity contribution is -0.870. The van der Waals surface area contributed by atoms with Crippen molar-refractivity contribution < 1.29 is 32.9 Å². The highest BCUT2D eigenvalue weighted by atomic mass is 31.2. The lowest BCUT2D eigenvalue weighted by atomic mass is 10.0. The molecule has 0 heterocycles. The monoisotopic (exact) mass is 1130 g/mol. The first-order valence-electron chi connectivity index (χ1n) is 34.5. The summed E-state index contributed by atoms with van der Waals surface area (Å²) in [6.07, 6.45) is 82.6. The molecule has 0 aromatic carbocycles. The molecule has 0 aliphatic rings. The van der Waals surface area contributed by atoms with E-state index in [1.165, 1.54) is 270 Å². The Morgan fingerprint density at radius 1 is 0.430 bits per heavy atom. The third-order valence-corrected chi connectivity index (χ3v) is 16.8. The lowest BCUT2D eigenvalue weighted by Crippen LogP contribution is -2.45. The number of quaternary nitrogens is 1. The maximum absolute atomic E-state index is 13.0. The van der Waals surface area contributed by atoms with Gasteiger partial charge in [-0.3, -0.25) is 13.8 Å². The van der Waals surface area contributed by atoms with Gasteiger partial charge in [0, 0.05) is 6.42 Å². The second kappa shape index (κ2) is 61.0. The van der Waals surface area contributed by atoms with Crippen LogP contribution in [0.4, 0.5) is 0 Å². The first-order chi connectivity index (χ1) is 38.5. The van der Waals surface area contributed by atoms with Gasteiger partial charge in [0.1, 0.15) is 13.2 Å². The van der Waals surface area contributed by atoms with E-state index in [4.69, 9.17) is 9.05 Å². The van der Waals surface area contributed by atoms with E-state index in [9.17, 15) is 19.4 Å². The second-order valence-corrected chi connectivity index (χ2v) is 26.4. The summed E-state index contributed by atoms with van der Waals surface area (Å²) in [5.74, 6) is -0.171. The number of amides is 1. The van der Waals surface area contributed by atoms with E-state index >= 15 is 0 Å². The number of allylic oxidation sites excluding steroid dienone is 7. The molecule has 0 spiro atoms. The molecular formula is C70H136N2O6P+. The van der Waals surface area contributed by atoms with Crippen molar-refractivity contribution in [2.45, 2.75) is 353 Å². The molecule has 0 aromatic heterocycles. The number of aliphatic hydroxyl groups is 1. The molecule has 0 aliphatic heterocycles. The number of phosphoric ester groups is 1. The highest BCUT2D eigenvalue weighted by Crippen LogP contribution is 2.43. The quantitative estimate of drug-likeness (QED) is 0.0243. The van der Waals surface area contributed by atoms with Gasteiger partial charge in [-0.05, 0) is 57.8 Å². The van der Waals surface area contributed by atoms with Crippen LogP contribution in [0.25, 0.3) is 0 Å². The summed E-state index contributed by atoms with van der Waals surface area (Å²) in [4.78, 5) is 23.4. The van der Waals surface area contributed by atoms with Gasteiger partial charge in [-0.2, -0.15) is 0 Å².